The molecule has 0 spiro atoms. The van der Waals surface area contributed by atoms with Gasteiger partial charge in [-0.15, -0.1) is 0 Å². The maximum absolute atomic E-state index is 4.86. The van der Waals surface area contributed by atoms with E-state index in [4.69, 9.17) is 9.47 Å². The molecule has 4 rings (SSSR count). The van der Waals surface area contributed by atoms with Gasteiger partial charge in [0, 0.05) is 0 Å². The van der Waals surface area contributed by atoms with Gasteiger partial charge in [-0.1, -0.05) is 65.7 Å². The Kier molecular flexibility index (Phi) is 6.14. The molecular weight excluding hydrogens is 296 g/mol. The topological polar surface area (TPSA) is 52.8 Å². The van der Waals surface area contributed by atoms with E-state index in [1.807, 2.05) is 12.1 Å². The van der Waals surface area contributed by atoms with E-state index in [1.54, 1.807) is 0 Å². The number of rotatable bonds is 7. The van der Waals surface area contributed by atoms with Gasteiger partial charge >= 0.3 is 0 Å². The fourth-order valence-electron chi connectivity index (χ4n) is 1.83. The van der Waals surface area contributed by atoms with Crippen molar-refractivity contribution in [3.63, 3.8) is 0 Å². The zero-order valence-electron chi connectivity index (χ0n) is 12.8. The van der Waals surface area contributed by atoms with Gasteiger partial charge in [0.15, 0.2) is 0 Å². The maximum atomic E-state index is 4.86. The van der Waals surface area contributed by atoms with Crippen LogP contribution in [0.2, 0.25) is 0 Å². The molecule has 0 N–H and O–H groups in total. The van der Waals surface area contributed by atoms with Crippen molar-refractivity contribution in [1.29, 1.82) is 0 Å². The number of hydrogen-bond acceptors (Lipinski definition) is 5. The third kappa shape index (κ3) is 6.48. The average molecular weight is 316 g/mol. The normalized spacial score (nSPS) is 21.2. The molecule has 2 fully saturated rings. The second-order valence-corrected chi connectivity index (χ2v) is 5.28. The third-order valence-corrected chi connectivity index (χ3v) is 3.29. The Morgan fingerprint density at radius 2 is 1.09 bits per heavy atom. The van der Waals surface area contributed by atoms with Crippen molar-refractivity contribution in [3.05, 3.63) is 60.7 Å². The van der Waals surface area contributed by atoms with Crippen molar-refractivity contribution >= 4 is 0 Å². The van der Waals surface area contributed by atoms with Crippen molar-refractivity contribution < 1.29 is 24.3 Å². The molecule has 122 valence electrons. The largest absolute Gasteiger partial charge is 0.370 e. The van der Waals surface area contributed by atoms with E-state index in [0.29, 0.717) is 13.2 Å². The van der Waals surface area contributed by atoms with E-state index in [1.165, 1.54) is 11.1 Å². The van der Waals surface area contributed by atoms with Crippen molar-refractivity contribution in [1.82, 2.24) is 0 Å². The van der Waals surface area contributed by atoms with Crippen LogP contribution in [0.15, 0.2) is 60.7 Å². The first-order valence-corrected chi connectivity index (χ1v) is 7.66. The fraction of sp³-hybridized carbons (Fsp3) is 0.333. The summed E-state index contributed by atoms with van der Waals surface area (Å²) < 4.78 is 9.73. The van der Waals surface area contributed by atoms with E-state index >= 15 is 0 Å². The van der Waals surface area contributed by atoms with Crippen LogP contribution in [0, 0.1) is 0 Å². The second kappa shape index (κ2) is 8.76. The molecule has 5 nitrogen and oxygen atoms in total. The first kappa shape index (κ1) is 16.1. The van der Waals surface area contributed by atoms with Crippen LogP contribution in [0.25, 0.3) is 11.1 Å². The fourth-order valence-corrected chi connectivity index (χ4v) is 1.83. The highest BCUT2D eigenvalue weighted by atomic mass is 17.5. The molecule has 0 aliphatic carbocycles. The minimum Gasteiger partial charge on any atom is -0.370 e. The van der Waals surface area contributed by atoms with Crippen molar-refractivity contribution in [2.24, 2.45) is 0 Å². The Balaban J connectivity index is 0.000000136. The lowest BCUT2D eigenvalue weighted by Gasteiger charge is -1.98. The molecule has 2 aliphatic heterocycles. The van der Waals surface area contributed by atoms with Crippen molar-refractivity contribution in [2.45, 2.75) is 12.2 Å². The van der Waals surface area contributed by atoms with E-state index in [-0.39, 0.29) is 12.2 Å². The first-order chi connectivity index (χ1) is 11.4. The summed E-state index contributed by atoms with van der Waals surface area (Å²) in [4.78, 5) is 9.27. The molecule has 2 heterocycles. The molecule has 2 unspecified atom stereocenters. The van der Waals surface area contributed by atoms with Crippen molar-refractivity contribution in [2.75, 3.05) is 26.4 Å². The lowest BCUT2D eigenvalue weighted by Crippen LogP contribution is -2.06. The van der Waals surface area contributed by atoms with Crippen LogP contribution in [0.5, 0.6) is 0 Å². The molecule has 0 radical (unpaired) electrons. The van der Waals surface area contributed by atoms with Gasteiger partial charge in [-0.25, -0.2) is 9.78 Å². The van der Waals surface area contributed by atoms with Gasteiger partial charge in [0.2, 0.25) is 0 Å². The minimum atomic E-state index is 0.204. The predicted octanol–water partition coefficient (Wildman–Crippen LogP) is 3.02. The maximum Gasteiger partial charge on any atom is 0.114 e. The van der Waals surface area contributed by atoms with E-state index in [2.05, 4.69) is 63.3 Å². The highest BCUT2D eigenvalue weighted by Gasteiger charge is 2.25. The smallest absolute Gasteiger partial charge is 0.114 e. The van der Waals surface area contributed by atoms with Gasteiger partial charge in [-0.3, -0.25) is 0 Å². The molecule has 2 aliphatic rings. The lowest BCUT2D eigenvalue weighted by atomic mass is 10.1. The number of hydrogen-bond donors (Lipinski definition) is 0. The van der Waals surface area contributed by atoms with E-state index in [9.17, 15) is 0 Å². The number of ether oxygens (including phenoxy) is 2. The summed E-state index contributed by atoms with van der Waals surface area (Å²) in [6, 6.07) is 20.8. The molecule has 2 saturated heterocycles. The molecule has 23 heavy (non-hydrogen) atoms. The van der Waals surface area contributed by atoms with Crippen LogP contribution in [0.3, 0.4) is 0 Å². The van der Waals surface area contributed by atoms with Crippen LogP contribution >= 0.6 is 0 Å². The highest BCUT2D eigenvalue weighted by Crippen LogP contribution is 2.17. The van der Waals surface area contributed by atoms with Gasteiger partial charge < -0.3 is 9.47 Å². The summed E-state index contributed by atoms with van der Waals surface area (Å²) in [5.41, 5.74) is 2.55. The summed E-state index contributed by atoms with van der Waals surface area (Å²) in [5.74, 6) is 0. The summed E-state index contributed by atoms with van der Waals surface area (Å²) in [6.45, 7) is 2.39. The molecule has 0 bridgehead atoms. The summed E-state index contributed by atoms with van der Waals surface area (Å²) in [5, 5.41) is 4.38. The Hall–Kier alpha value is -1.76. The SMILES string of the molecule is C(OOOCC1CO1)C1CO1.c1ccc(-c2ccccc2)cc1. The number of benzene rings is 2. The van der Waals surface area contributed by atoms with Crippen molar-refractivity contribution in [3.8, 4) is 11.1 Å². The molecular formula is C18H20O5. The minimum absolute atomic E-state index is 0.204. The average Bonchev–Trinajstić information content (AvgIpc) is 3.52. The molecule has 0 amide bonds. The Morgan fingerprint density at radius 1 is 0.696 bits per heavy atom. The zero-order chi connectivity index (χ0) is 15.7. The van der Waals surface area contributed by atoms with Crippen LogP contribution in [-0.4, -0.2) is 38.6 Å². The Labute approximate surface area is 135 Å². The second-order valence-electron chi connectivity index (χ2n) is 5.28. The summed E-state index contributed by atoms with van der Waals surface area (Å²) in [7, 11) is 0. The van der Waals surface area contributed by atoms with E-state index in [0.717, 1.165) is 13.2 Å². The Bertz CT molecular complexity index is 501. The van der Waals surface area contributed by atoms with Crippen LogP contribution in [-0.2, 0) is 24.3 Å². The molecule has 2 aromatic carbocycles. The van der Waals surface area contributed by atoms with Crippen LogP contribution < -0.4 is 0 Å². The molecule has 2 atom stereocenters. The molecule has 0 aromatic heterocycles. The zero-order valence-corrected chi connectivity index (χ0v) is 12.8. The summed E-state index contributed by atoms with van der Waals surface area (Å²) in [6.07, 6.45) is 0.409. The lowest BCUT2D eigenvalue weighted by molar-refractivity contribution is -0.513. The standard InChI is InChI=1S/C12H10.C6H10O5/c1-3-7-11(8-4-1)12-9-5-2-6-10-12;1-5(7-1)3-9-11-10-4-6-2-8-6/h1-10H;5-6H,1-4H2. The van der Waals surface area contributed by atoms with Gasteiger partial charge in [0.05, 0.1) is 13.2 Å². The highest BCUT2D eigenvalue weighted by molar-refractivity contribution is 5.62. The predicted molar refractivity (Wildman–Crippen MR) is 84.3 cm³/mol. The van der Waals surface area contributed by atoms with Crippen LogP contribution in [0.4, 0.5) is 0 Å². The van der Waals surface area contributed by atoms with Gasteiger partial charge in [-0.05, 0) is 11.1 Å². The van der Waals surface area contributed by atoms with Gasteiger partial charge in [0.1, 0.15) is 25.4 Å². The molecule has 5 heteroatoms. The van der Waals surface area contributed by atoms with E-state index < -0.39 is 0 Å². The summed E-state index contributed by atoms with van der Waals surface area (Å²) >= 11 is 0. The third-order valence-electron chi connectivity index (χ3n) is 3.29. The monoisotopic (exact) mass is 316 g/mol. The first-order valence-electron chi connectivity index (χ1n) is 7.66. The Morgan fingerprint density at radius 3 is 1.43 bits per heavy atom. The molecule has 2 aromatic rings. The van der Waals surface area contributed by atoms with Crippen LogP contribution in [0.1, 0.15) is 0 Å². The molecule has 0 saturated carbocycles. The number of epoxide rings is 2. The quantitative estimate of drug-likeness (QED) is 0.340. The van der Waals surface area contributed by atoms with Gasteiger partial charge in [-0.2, -0.15) is 0 Å². The van der Waals surface area contributed by atoms with Gasteiger partial charge in [0.25, 0.3) is 0 Å².